The molecule has 1 aliphatic rings. The van der Waals surface area contributed by atoms with Gasteiger partial charge in [0.05, 0.1) is 23.9 Å². The van der Waals surface area contributed by atoms with E-state index in [1.54, 1.807) is 7.11 Å². The minimum atomic E-state index is -0.127. The first-order chi connectivity index (χ1) is 16.6. The summed E-state index contributed by atoms with van der Waals surface area (Å²) in [5, 5.41) is 6.02. The molecule has 4 aromatic rings. The Bertz CT molecular complexity index is 1380. The van der Waals surface area contributed by atoms with Gasteiger partial charge >= 0.3 is 0 Å². The van der Waals surface area contributed by atoms with Crippen molar-refractivity contribution in [3.63, 3.8) is 0 Å². The van der Waals surface area contributed by atoms with Crippen LogP contribution in [0.5, 0.6) is 5.75 Å². The number of hydrogen-bond acceptors (Lipinski definition) is 4. The van der Waals surface area contributed by atoms with Crippen LogP contribution in [0.4, 0.5) is 0 Å². The van der Waals surface area contributed by atoms with Crippen LogP contribution in [0.3, 0.4) is 0 Å². The number of methoxy groups -OCH3 is 1. The van der Waals surface area contributed by atoms with E-state index in [0.717, 1.165) is 58.1 Å². The highest BCUT2D eigenvalue weighted by molar-refractivity contribution is 6.07. The van der Waals surface area contributed by atoms with Gasteiger partial charge in [0, 0.05) is 37.0 Å². The van der Waals surface area contributed by atoms with Crippen molar-refractivity contribution in [3.05, 3.63) is 72.3 Å². The van der Waals surface area contributed by atoms with Crippen molar-refractivity contribution in [1.82, 2.24) is 15.2 Å². The molecule has 2 heterocycles. The Kier molecular flexibility index (Phi) is 6.12. The van der Waals surface area contributed by atoms with Gasteiger partial charge in [-0.3, -0.25) is 9.59 Å². The third-order valence-corrected chi connectivity index (χ3v) is 6.37. The summed E-state index contributed by atoms with van der Waals surface area (Å²) >= 11 is 0. The van der Waals surface area contributed by atoms with E-state index in [9.17, 15) is 9.59 Å². The van der Waals surface area contributed by atoms with E-state index in [0.29, 0.717) is 25.1 Å². The van der Waals surface area contributed by atoms with Crippen molar-refractivity contribution >= 4 is 33.5 Å². The lowest BCUT2D eigenvalue weighted by Crippen LogP contribution is -2.30. The van der Waals surface area contributed by atoms with Crippen molar-refractivity contribution in [2.45, 2.75) is 19.3 Å². The molecule has 1 fully saturated rings. The van der Waals surface area contributed by atoms with Gasteiger partial charge < -0.3 is 15.0 Å². The van der Waals surface area contributed by atoms with Gasteiger partial charge in [-0.2, -0.15) is 0 Å². The number of ether oxygens (including phenoxy) is 1. The fourth-order valence-corrected chi connectivity index (χ4v) is 4.53. The summed E-state index contributed by atoms with van der Waals surface area (Å²) in [6.07, 6.45) is 2.31. The highest BCUT2D eigenvalue weighted by Crippen LogP contribution is 2.29. The molecule has 0 bridgehead atoms. The van der Waals surface area contributed by atoms with Crippen molar-refractivity contribution in [2.75, 3.05) is 26.7 Å². The Labute approximate surface area is 198 Å². The van der Waals surface area contributed by atoms with E-state index in [1.165, 1.54) is 0 Å². The quantitative estimate of drug-likeness (QED) is 0.408. The summed E-state index contributed by atoms with van der Waals surface area (Å²) in [6.45, 7) is 2.03. The lowest BCUT2D eigenvalue weighted by molar-refractivity contribution is -0.127. The topological polar surface area (TPSA) is 71.5 Å². The minimum Gasteiger partial charge on any atom is -0.497 e. The Balaban J connectivity index is 1.40. The number of pyridine rings is 1. The number of benzene rings is 3. The molecule has 0 saturated carbocycles. The second kappa shape index (κ2) is 9.51. The molecule has 3 aromatic carbocycles. The first-order valence-corrected chi connectivity index (χ1v) is 11.7. The second-order valence-corrected chi connectivity index (χ2v) is 8.59. The van der Waals surface area contributed by atoms with Gasteiger partial charge in [0.2, 0.25) is 5.91 Å². The molecular weight excluding hydrogens is 426 g/mol. The van der Waals surface area contributed by atoms with Gasteiger partial charge in [0.1, 0.15) is 5.75 Å². The van der Waals surface area contributed by atoms with Crippen molar-refractivity contribution < 1.29 is 14.3 Å². The molecule has 1 aromatic heterocycles. The van der Waals surface area contributed by atoms with E-state index in [1.807, 2.05) is 65.6 Å². The number of hydrogen-bond donors (Lipinski definition) is 1. The number of rotatable bonds is 7. The van der Waals surface area contributed by atoms with Crippen LogP contribution < -0.4 is 10.1 Å². The highest BCUT2D eigenvalue weighted by Gasteiger charge is 2.19. The van der Waals surface area contributed by atoms with Crippen molar-refractivity contribution in [1.29, 1.82) is 0 Å². The normalized spacial score (nSPS) is 13.6. The summed E-state index contributed by atoms with van der Waals surface area (Å²) in [7, 11) is 1.66. The standard InChI is InChI=1S/C28H27N3O3/c1-34-22-12-11-19-16-21(10-9-20(19)17-22)26-18-24(23-6-2-3-7-25(23)30-26)28(33)29-13-5-15-31-14-4-8-27(31)32/h2-3,6-7,9-12,16-18H,4-5,8,13-15H2,1H3,(H,29,33). The molecule has 6 nitrogen and oxygen atoms in total. The number of amides is 2. The molecule has 172 valence electrons. The average Bonchev–Trinajstić information content (AvgIpc) is 3.29. The predicted octanol–water partition coefficient (Wildman–Crippen LogP) is 4.81. The Hall–Kier alpha value is -3.93. The van der Waals surface area contributed by atoms with Gasteiger partial charge in [-0.1, -0.05) is 36.4 Å². The maximum absolute atomic E-state index is 13.2. The number of fused-ring (bicyclic) bond motifs is 2. The summed E-state index contributed by atoms with van der Waals surface area (Å²) in [6, 6.07) is 21.7. The minimum absolute atomic E-state index is 0.127. The number of nitrogens with zero attached hydrogens (tertiary/aromatic N) is 2. The second-order valence-electron chi connectivity index (χ2n) is 8.59. The van der Waals surface area contributed by atoms with Crippen LogP contribution >= 0.6 is 0 Å². The number of carbonyl (C=O) groups excluding carboxylic acids is 2. The number of aromatic nitrogens is 1. The van der Waals surface area contributed by atoms with Gasteiger partial charge in [0.25, 0.3) is 5.91 Å². The van der Waals surface area contributed by atoms with E-state index in [-0.39, 0.29) is 11.8 Å². The monoisotopic (exact) mass is 453 g/mol. The number of carbonyl (C=O) groups is 2. The molecular formula is C28H27N3O3. The van der Waals surface area contributed by atoms with E-state index >= 15 is 0 Å². The Morgan fingerprint density at radius 1 is 1.06 bits per heavy atom. The van der Waals surface area contributed by atoms with Gasteiger partial charge in [-0.15, -0.1) is 0 Å². The first kappa shape index (κ1) is 21.9. The summed E-state index contributed by atoms with van der Waals surface area (Å²) in [5.41, 5.74) is 3.09. The summed E-state index contributed by atoms with van der Waals surface area (Å²) < 4.78 is 5.33. The lowest BCUT2D eigenvalue weighted by atomic mass is 10.0. The first-order valence-electron chi connectivity index (χ1n) is 11.7. The molecule has 0 spiro atoms. The van der Waals surface area contributed by atoms with Crippen LogP contribution in [0.25, 0.3) is 32.9 Å². The average molecular weight is 454 g/mol. The van der Waals surface area contributed by atoms with E-state index in [4.69, 9.17) is 9.72 Å². The third kappa shape index (κ3) is 4.44. The van der Waals surface area contributed by atoms with Gasteiger partial charge in [-0.05, 0) is 53.9 Å². The fraction of sp³-hybridized carbons (Fsp3) is 0.250. The number of para-hydroxylation sites is 1. The zero-order valence-electron chi connectivity index (χ0n) is 19.2. The zero-order chi connectivity index (χ0) is 23.5. The molecule has 34 heavy (non-hydrogen) atoms. The highest BCUT2D eigenvalue weighted by atomic mass is 16.5. The molecule has 1 aliphatic heterocycles. The van der Waals surface area contributed by atoms with Crippen LogP contribution in [0.15, 0.2) is 66.7 Å². The molecule has 0 atom stereocenters. The van der Waals surface area contributed by atoms with E-state index in [2.05, 4.69) is 11.4 Å². The largest absolute Gasteiger partial charge is 0.497 e. The van der Waals surface area contributed by atoms with E-state index < -0.39 is 0 Å². The SMILES string of the molecule is COc1ccc2cc(-c3cc(C(=O)NCCCN4CCCC4=O)c4ccccc4n3)ccc2c1. The molecule has 0 unspecified atom stereocenters. The van der Waals surface area contributed by atoms with Crippen LogP contribution in [-0.4, -0.2) is 48.4 Å². The smallest absolute Gasteiger partial charge is 0.252 e. The van der Waals surface area contributed by atoms with Crippen molar-refractivity contribution in [3.8, 4) is 17.0 Å². The fourth-order valence-electron chi connectivity index (χ4n) is 4.53. The molecule has 0 radical (unpaired) electrons. The number of likely N-dealkylation sites (tertiary alicyclic amines) is 1. The molecule has 5 rings (SSSR count). The number of nitrogens with one attached hydrogen (secondary N) is 1. The molecule has 2 amide bonds. The summed E-state index contributed by atoms with van der Waals surface area (Å²) in [5.74, 6) is 0.903. The van der Waals surface area contributed by atoms with Crippen LogP contribution in [0, 0.1) is 0 Å². The zero-order valence-corrected chi connectivity index (χ0v) is 19.2. The molecule has 6 heteroatoms. The van der Waals surface area contributed by atoms with Gasteiger partial charge in [0.15, 0.2) is 0 Å². The molecule has 0 aliphatic carbocycles. The van der Waals surface area contributed by atoms with Crippen LogP contribution in [0.2, 0.25) is 0 Å². The summed E-state index contributed by atoms with van der Waals surface area (Å²) in [4.78, 5) is 31.6. The Morgan fingerprint density at radius 2 is 1.88 bits per heavy atom. The lowest BCUT2D eigenvalue weighted by Gasteiger charge is -2.15. The van der Waals surface area contributed by atoms with Crippen LogP contribution in [-0.2, 0) is 4.79 Å². The van der Waals surface area contributed by atoms with Gasteiger partial charge in [-0.25, -0.2) is 4.98 Å². The third-order valence-electron chi connectivity index (χ3n) is 6.37. The maximum Gasteiger partial charge on any atom is 0.252 e. The Morgan fingerprint density at radius 3 is 2.71 bits per heavy atom. The van der Waals surface area contributed by atoms with Crippen LogP contribution in [0.1, 0.15) is 29.6 Å². The van der Waals surface area contributed by atoms with Crippen molar-refractivity contribution in [2.24, 2.45) is 0 Å². The molecule has 1 saturated heterocycles. The predicted molar refractivity (Wildman–Crippen MR) is 134 cm³/mol. The molecule has 1 N–H and O–H groups in total. The maximum atomic E-state index is 13.2.